The third kappa shape index (κ3) is 4.47. The van der Waals surface area contributed by atoms with E-state index in [1.165, 1.54) is 0 Å². The Morgan fingerprint density at radius 3 is 2.73 bits per heavy atom. The summed E-state index contributed by atoms with van der Waals surface area (Å²) in [6.07, 6.45) is 1.47. The molecule has 1 aromatic heterocycles. The maximum Gasteiger partial charge on any atom is 0.237 e. The van der Waals surface area contributed by atoms with Gasteiger partial charge in [-0.3, -0.25) is 9.48 Å². The fourth-order valence-electron chi connectivity index (χ4n) is 2.82. The van der Waals surface area contributed by atoms with E-state index in [9.17, 15) is 4.79 Å². The summed E-state index contributed by atoms with van der Waals surface area (Å²) in [5.41, 5.74) is 0.665. The number of nitrogens with zero attached hydrogens (tertiary/aromatic N) is 4. The maximum absolute atomic E-state index is 12.7. The number of aryl methyl sites for hydroxylation is 1. The smallest absolute Gasteiger partial charge is 0.237 e. The lowest BCUT2D eigenvalue weighted by Gasteiger charge is -2.31. The van der Waals surface area contributed by atoms with Crippen molar-refractivity contribution in [1.82, 2.24) is 19.6 Å². The number of hydrogen-bond donors (Lipinski definition) is 0. The van der Waals surface area contributed by atoms with Gasteiger partial charge in [-0.05, 0) is 26.2 Å². The monoisotopic (exact) mass is 378 g/mol. The quantitative estimate of drug-likeness (QED) is 0.767. The van der Waals surface area contributed by atoms with E-state index in [-0.39, 0.29) is 12.0 Å². The first-order chi connectivity index (χ1) is 12.4. The third-order valence-corrected chi connectivity index (χ3v) is 4.31. The van der Waals surface area contributed by atoms with E-state index in [4.69, 9.17) is 21.1 Å². The first-order valence-corrected chi connectivity index (χ1v) is 8.79. The van der Waals surface area contributed by atoms with E-state index < -0.39 is 0 Å². The molecule has 0 saturated heterocycles. The Morgan fingerprint density at radius 2 is 2.08 bits per heavy atom. The number of halogens is 1. The molecule has 0 saturated carbocycles. The van der Waals surface area contributed by atoms with Crippen LogP contribution in [0.4, 0.5) is 0 Å². The van der Waals surface area contributed by atoms with Crippen LogP contribution in [0.2, 0.25) is 5.02 Å². The highest BCUT2D eigenvalue weighted by Crippen LogP contribution is 2.31. The van der Waals surface area contributed by atoms with Crippen LogP contribution in [-0.4, -0.2) is 65.4 Å². The Morgan fingerprint density at radius 1 is 1.35 bits per heavy atom. The van der Waals surface area contributed by atoms with E-state index in [0.717, 1.165) is 5.75 Å². The molecule has 0 radical (unpaired) electrons. The third-order valence-electron chi connectivity index (χ3n) is 3.99. The summed E-state index contributed by atoms with van der Waals surface area (Å²) in [6.45, 7) is 1.41. The molecule has 140 valence electrons. The number of benzene rings is 1. The molecule has 0 unspecified atom stereocenters. The number of fused-ring (bicyclic) bond motifs is 1. The largest absolute Gasteiger partial charge is 0.486 e. The molecule has 2 aromatic rings. The fraction of sp³-hybridized carbons (Fsp3) is 0.444. The molecule has 1 amide bonds. The number of para-hydroxylation sites is 2. The van der Waals surface area contributed by atoms with Crippen LogP contribution in [0.1, 0.15) is 5.69 Å². The lowest BCUT2D eigenvalue weighted by molar-refractivity contribution is -0.134. The van der Waals surface area contributed by atoms with Gasteiger partial charge < -0.3 is 19.3 Å². The topological polar surface area (TPSA) is 59.8 Å². The Kier molecular flexibility index (Phi) is 5.68. The van der Waals surface area contributed by atoms with Crippen LogP contribution in [0.3, 0.4) is 0 Å². The molecular weight excluding hydrogens is 356 g/mol. The average molecular weight is 379 g/mol. The standard InChI is InChI=1S/C18H23ClN4O3/c1-21(2)11-18(24)23(10-15-14(19)9-22(3)20-15)8-13-12-25-16-6-4-5-7-17(16)26-13/h4-7,9,13H,8,10-12H2,1-3H3/t13-/m0/s1. The molecule has 7 nitrogen and oxygen atoms in total. The molecule has 0 aliphatic carbocycles. The number of likely N-dealkylation sites (N-methyl/N-ethyl adjacent to an activating group) is 1. The van der Waals surface area contributed by atoms with E-state index in [1.807, 2.05) is 43.3 Å². The minimum atomic E-state index is -0.251. The molecule has 0 fully saturated rings. The number of amides is 1. The summed E-state index contributed by atoms with van der Waals surface area (Å²) in [5, 5.41) is 4.89. The summed E-state index contributed by atoms with van der Waals surface area (Å²) in [4.78, 5) is 16.3. The molecule has 8 heteroatoms. The fourth-order valence-corrected chi connectivity index (χ4v) is 3.06. The molecular formula is C18H23ClN4O3. The second kappa shape index (κ2) is 7.97. The Hall–Kier alpha value is -2.25. The lowest BCUT2D eigenvalue weighted by Crippen LogP contribution is -2.46. The average Bonchev–Trinajstić information content (AvgIpc) is 2.91. The summed E-state index contributed by atoms with van der Waals surface area (Å²) < 4.78 is 13.4. The van der Waals surface area contributed by atoms with E-state index in [2.05, 4.69) is 5.10 Å². The predicted molar refractivity (Wildman–Crippen MR) is 98.5 cm³/mol. The molecule has 0 N–H and O–H groups in total. The van der Waals surface area contributed by atoms with Gasteiger partial charge in [0.2, 0.25) is 5.91 Å². The van der Waals surface area contributed by atoms with Crippen molar-refractivity contribution in [3.63, 3.8) is 0 Å². The maximum atomic E-state index is 12.7. The van der Waals surface area contributed by atoms with Gasteiger partial charge in [0, 0.05) is 13.2 Å². The highest BCUT2D eigenvalue weighted by molar-refractivity contribution is 6.31. The SMILES string of the molecule is CN(C)CC(=O)N(Cc1nn(C)cc1Cl)C[C@H]1COc2ccccc2O1. The first kappa shape index (κ1) is 18.5. The molecule has 2 heterocycles. The van der Waals surface area contributed by atoms with Gasteiger partial charge in [-0.2, -0.15) is 5.10 Å². The summed E-state index contributed by atoms with van der Waals surface area (Å²) in [7, 11) is 5.52. The summed E-state index contributed by atoms with van der Waals surface area (Å²) in [5.74, 6) is 1.40. The van der Waals surface area contributed by atoms with Gasteiger partial charge in [0.15, 0.2) is 17.6 Å². The predicted octanol–water partition coefficient (Wildman–Crippen LogP) is 1.80. The van der Waals surface area contributed by atoms with Crippen molar-refractivity contribution < 1.29 is 14.3 Å². The highest BCUT2D eigenvalue weighted by atomic mass is 35.5. The molecule has 1 atom stereocenters. The zero-order chi connectivity index (χ0) is 18.7. The van der Waals surface area contributed by atoms with Crippen LogP contribution in [0.15, 0.2) is 30.5 Å². The van der Waals surface area contributed by atoms with Gasteiger partial charge in [0.25, 0.3) is 0 Å². The number of carbonyl (C=O) groups is 1. The second-order valence-corrected chi connectivity index (χ2v) is 7.01. The van der Waals surface area contributed by atoms with Crippen LogP contribution in [-0.2, 0) is 18.4 Å². The van der Waals surface area contributed by atoms with Crippen LogP contribution in [0, 0.1) is 0 Å². The van der Waals surface area contributed by atoms with Crippen LogP contribution in [0.5, 0.6) is 11.5 Å². The number of aromatic nitrogens is 2. The van der Waals surface area contributed by atoms with Crippen molar-refractivity contribution in [3.05, 3.63) is 41.2 Å². The number of rotatable bonds is 6. The van der Waals surface area contributed by atoms with Gasteiger partial charge >= 0.3 is 0 Å². The molecule has 26 heavy (non-hydrogen) atoms. The van der Waals surface area contributed by atoms with Crippen molar-refractivity contribution in [3.8, 4) is 11.5 Å². The Balaban J connectivity index is 1.73. The molecule has 0 bridgehead atoms. The lowest BCUT2D eigenvalue weighted by atomic mass is 10.2. The highest BCUT2D eigenvalue weighted by Gasteiger charge is 2.26. The van der Waals surface area contributed by atoms with Gasteiger partial charge in [-0.15, -0.1) is 0 Å². The molecule has 1 aliphatic rings. The molecule has 1 aromatic carbocycles. The first-order valence-electron chi connectivity index (χ1n) is 8.41. The van der Waals surface area contributed by atoms with Crippen molar-refractivity contribution >= 4 is 17.5 Å². The molecule has 3 rings (SSSR count). The van der Waals surface area contributed by atoms with Crippen molar-refractivity contribution in [2.45, 2.75) is 12.6 Å². The minimum absolute atomic E-state index is 0.0146. The Labute approximate surface area is 158 Å². The Bertz CT molecular complexity index is 778. The van der Waals surface area contributed by atoms with Crippen LogP contribution in [0.25, 0.3) is 0 Å². The minimum Gasteiger partial charge on any atom is -0.486 e. The van der Waals surface area contributed by atoms with Crippen molar-refractivity contribution in [2.24, 2.45) is 7.05 Å². The molecule has 0 spiro atoms. The second-order valence-electron chi connectivity index (χ2n) is 6.61. The van der Waals surface area contributed by atoms with E-state index >= 15 is 0 Å². The van der Waals surface area contributed by atoms with Crippen molar-refractivity contribution in [1.29, 1.82) is 0 Å². The molecule has 1 aliphatic heterocycles. The number of hydrogen-bond acceptors (Lipinski definition) is 5. The number of carbonyl (C=O) groups excluding carboxylic acids is 1. The van der Waals surface area contributed by atoms with Gasteiger partial charge in [-0.25, -0.2) is 0 Å². The van der Waals surface area contributed by atoms with Gasteiger partial charge in [0.1, 0.15) is 12.3 Å². The zero-order valence-electron chi connectivity index (χ0n) is 15.2. The van der Waals surface area contributed by atoms with Gasteiger partial charge in [-0.1, -0.05) is 23.7 Å². The zero-order valence-corrected chi connectivity index (χ0v) is 15.9. The van der Waals surface area contributed by atoms with Gasteiger partial charge in [0.05, 0.1) is 24.7 Å². The normalized spacial score (nSPS) is 16.0. The summed E-state index contributed by atoms with van der Waals surface area (Å²) >= 11 is 6.22. The van der Waals surface area contributed by atoms with Crippen LogP contribution >= 0.6 is 11.6 Å². The van der Waals surface area contributed by atoms with E-state index in [0.29, 0.717) is 42.7 Å². The summed E-state index contributed by atoms with van der Waals surface area (Å²) in [6, 6.07) is 7.53. The van der Waals surface area contributed by atoms with Crippen LogP contribution < -0.4 is 9.47 Å². The number of ether oxygens (including phenoxy) is 2. The van der Waals surface area contributed by atoms with Crippen molar-refractivity contribution in [2.75, 3.05) is 33.8 Å². The van der Waals surface area contributed by atoms with E-state index in [1.54, 1.807) is 22.8 Å².